The maximum atomic E-state index is 10.7. The van der Waals surface area contributed by atoms with Gasteiger partial charge in [-0.2, -0.15) is 0 Å². The maximum absolute atomic E-state index is 10.7. The van der Waals surface area contributed by atoms with Crippen molar-refractivity contribution in [2.75, 3.05) is 6.54 Å². The van der Waals surface area contributed by atoms with Crippen molar-refractivity contribution >= 4 is 11.9 Å². The van der Waals surface area contributed by atoms with Crippen LogP contribution in [0.5, 0.6) is 0 Å². The minimum Gasteiger partial charge on any atom is -0.465 e. The average molecular weight is 171 g/mol. The first-order chi connectivity index (χ1) is 5.61. The van der Waals surface area contributed by atoms with Crippen molar-refractivity contribution < 1.29 is 14.7 Å². The summed E-state index contributed by atoms with van der Waals surface area (Å²) in [5.74, 6) is 0.0631. The highest BCUT2D eigenvalue weighted by Crippen LogP contribution is 2.19. The molecule has 12 heavy (non-hydrogen) atoms. The van der Waals surface area contributed by atoms with E-state index in [0.717, 1.165) is 12.8 Å². The Hall–Kier alpha value is -1.06. The Morgan fingerprint density at radius 2 is 2.25 bits per heavy atom. The van der Waals surface area contributed by atoms with E-state index in [1.165, 1.54) is 11.8 Å². The minimum absolute atomic E-state index is 0.0631. The first kappa shape index (κ1) is 9.03. The molecular formula is C8H13NO3. The van der Waals surface area contributed by atoms with Crippen molar-refractivity contribution in [1.29, 1.82) is 0 Å². The number of nitrogens with zero attached hydrogens (tertiary/aromatic N) is 1. The van der Waals surface area contributed by atoms with Crippen LogP contribution in [0.3, 0.4) is 0 Å². The zero-order valence-electron chi connectivity index (χ0n) is 7.12. The predicted octanol–water partition coefficient (Wildman–Crippen LogP) is 1.11. The molecule has 68 valence electrons. The van der Waals surface area contributed by atoms with Crippen molar-refractivity contribution in [2.45, 2.75) is 32.2 Å². The average Bonchev–Trinajstić information content (AvgIpc) is 2.33. The van der Waals surface area contributed by atoms with Gasteiger partial charge < -0.3 is 10.0 Å². The third-order valence-electron chi connectivity index (χ3n) is 2.15. The topological polar surface area (TPSA) is 57.6 Å². The molecule has 1 rings (SSSR count). The molecule has 0 aromatic carbocycles. The number of hydrogen-bond acceptors (Lipinski definition) is 2. The van der Waals surface area contributed by atoms with Crippen LogP contribution in [-0.4, -0.2) is 34.5 Å². The maximum Gasteiger partial charge on any atom is 0.407 e. The first-order valence-electron chi connectivity index (χ1n) is 4.10. The van der Waals surface area contributed by atoms with E-state index in [0.29, 0.717) is 13.0 Å². The van der Waals surface area contributed by atoms with Crippen molar-refractivity contribution in [3.8, 4) is 0 Å². The summed E-state index contributed by atoms with van der Waals surface area (Å²) in [6.07, 6.45) is 1.17. The van der Waals surface area contributed by atoms with E-state index in [1.807, 2.05) is 0 Å². The SMILES string of the molecule is CC(=O)CC1CCCN1C(=O)O. The summed E-state index contributed by atoms with van der Waals surface area (Å²) in [4.78, 5) is 22.7. The van der Waals surface area contributed by atoms with Gasteiger partial charge >= 0.3 is 6.09 Å². The first-order valence-corrected chi connectivity index (χ1v) is 4.10. The van der Waals surface area contributed by atoms with E-state index < -0.39 is 6.09 Å². The van der Waals surface area contributed by atoms with Crippen LogP contribution in [0.4, 0.5) is 4.79 Å². The third-order valence-corrected chi connectivity index (χ3v) is 2.15. The predicted molar refractivity (Wildman–Crippen MR) is 43.1 cm³/mol. The largest absolute Gasteiger partial charge is 0.465 e. The van der Waals surface area contributed by atoms with Gasteiger partial charge in [-0.05, 0) is 19.8 Å². The second-order valence-corrected chi connectivity index (χ2v) is 3.18. The molecule has 1 fully saturated rings. The highest BCUT2D eigenvalue weighted by Gasteiger charge is 2.28. The van der Waals surface area contributed by atoms with Crippen LogP contribution < -0.4 is 0 Å². The number of likely N-dealkylation sites (tertiary alicyclic amines) is 1. The molecule has 1 saturated heterocycles. The van der Waals surface area contributed by atoms with Crippen LogP contribution in [0.2, 0.25) is 0 Å². The third kappa shape index (κ3) is 1.96. The summed E-state index contributed by atoms with van der Waals surface area (Å²) >= 11 is 0. The number of carbonyl (C=O) groups is 2. The van der Waals surface area contributed by atoms with Crippen LogP contribution >= 0.6 is 0 Å². The minimum atomic E-state index is -0.904. The molecule has 0 spiro atoms. The Morgan fingerprint density at radius 3 is 2.75 bits per heavy atom. The Labute approximate surface area is 71.2 Å². The molecular weight excluding hydrogens is 158 g/mol. The molecule has 4 heteroatoms. The van der Waals surface area contributed by atoms with Crippen molar-refractivity contribution in [1.82, 2.24) is 4.90 Å². The highest BCUT2D eigenvalue weighted by molar-refractivity contribution is 5.77. The molecule has 0 aromatic rings. The fourth-order valence-electron chi connectivity index (χ4n) is 1.63. The fraction of sp³-hybridized carbons (Fsp3) is 0.750. The number of Topliss-reactive ketones (excluding diaryl/α,β-unsaturated/α-hetero) is 1. The van der Waals surface area contributed by atoms with Gasteiger partial charge in [-0.3, -0.25) is 4.79 Å². The van der Waals surface area contributed by atoms with E-state index in [-0.39, 0.29) is 11.8 Å². The van der Waals surface area contributed by atoms with E-state index in [9.17, 15) is 9.59 Å². The van der Waals surface area contributed by atoms with Crippen LogP contribution in [0.1, 0.15) is 26.2 Å². The Morgan fingerprint density at radius 1 is 1.58 bits per heavy atom. The molecule has 1 N–H and O–H groups in total. The molecule has 1 aliphatic rings. The quantitative estimate of drug-likeness (QED) is 0.677. The van der Waals surface area contributed by atoms with E-state index >= 15 is 0 Å². The van der Waals surface area contributed by atoms with Crippen LogP contribution in [-0.2, 0) is 4.79 Å². The summed E-state index contributed by atoms with van der Waals surface area (Å²) in [5, 5.41) is 8.71. The second kappa shape index (κ2) is 3.56. The van der Waals surface area contributed by atoms with Gasteiger partial charge in [0.05, 0.1) is 0 Å². The lowest BCUT2D eigenvalue weighted by Gasteiger charge is -2.19. The molecule has 0 radical (unpaired) electrons. The Balaban J connectivity index is 2.52. The lowest BCUT2D eigenvalue weighted by molar-refractivity contribution is -0.117. The molecule has 0 saturated carbocycles. The summed E-state index contributed by atoms with van der Waals surface area (Å²) in [5.41, 5.74) is 0. The van der Waals surface area contributed by atoms with Gasteiger partial charge in [-0.1, -0.05) is 0 Å². The molecule has 0 aromatic heterocycles. The van der Waals surface area contributed by atoms with Crippen molar-refractivity contribution in [2.24, 2.45) is 0 Å². The van der Waals surface area contributed by atoms with Crippen LogP contribution in [0.25, 0.3) is 0 Å². The molecule has 0 aliphatic carbocycles. The van der Waals surface area contributed by atoms with Gasteiger partial charge in [-0.15, -0.1) is 0 Å². The molecule has 4 nitrogen and oxygen atoms in total. The number of carboxylic acid groups (broad SMARTS) is 1. The van der Waals surface area contributed by atoms with Gasteiger partial charge in [0.2, 0.25) is 0 Å². The normalized spacial score (nSPS) is 22.8. The monoisotopic (exact) mass is 171 g/mol. The lowest BCUT2D eigenvalue weighted by Crippen LogP contribution is -2.35. The summed E-state index contributed by atoms with van der Waals surface area (Å²) in [6, 6.07) is -0.0694. The molecule has 1 heterocycles. The van der Waals surface area contributed by atoms with E-state index in [1.54, 1.807) is 0 Å². The van der Waals surface area contributed by atoms with Gasteiger partial charge in [0.25, 0.3) is 0 Å². The standard InChI is InChI=1S/C8H13NO3/c1-6(10)5-7-3-2-4-9(7)8(11)12/h7H,2-5H2,1H3,(H,11,12). The van der Waals surface area contributed by atoms with Gasteiger partial charge in [-0.25, -0.2) is 4.79 Å². The summed E-state index contributed by atoms with van der Waals surface area (Å²) in [6.45, 7) is 2.08. The van der Waals surface area contributed by atoms with Gasteiger partial charge in [0, 0.05) is 19.0 Å². The molecule has 1 unspecified atom stereocenters. The van der Waals surface area contributed by atoms with Gasteiger partial charge in [0.1, 0.15) is 5.78 Å². The number of carbonyl (C=O) groups excluding carboxylic acids is 1. The molecule has 1 atom stereocenters. The zero-order valence-corrected chi connectivity index (χ0v) is 7.12. The van der Waals surface area contributed by atoms with Crippen molar-refractivity contribution in [3.63, 3.8) is 0 Å². The zero-order chi connectivity index (χ0) is 9.14. The number of hydrogen-bond donors (Lipinski definition) is 1. The summed E-state index contributed by atoms with van der Waals surface area (Å²) < 4.78 is 0. The second-order valence-electron chi connectivity index (χ2n) is 3.18. The van der Waals surface area contributed by atoms with Crippen LogP contribution in [0, 0.1) is 0 Å². The fourth-order valence-corrected chi connectivity index (χ4v) is 1.63. The van der Waals surface area contributed by atoms with Crippen molar-refractivity contribution in [3.05, 3.63) is 0 Å². The van der Waals surface area contributed by atoms with Gasteiger partial charge in [0.15, 0.2) is 0 Å². The molecule has 1 aliphatic heterocycles. The van der Waals surface area contributed by atoms with E-state index in [4.69, 9.17) is 5.11 Å². The summed E-state index contributed by atoms with van der Waals surface area (Å²) in [7, 11) is 0. The highest BCUT2D eigenvalue weighted by atomic mass is 16.4. The van der Waals surface area contributed by atoms with Crippen LogP contribution in [0.15, 0.2) is 0 Å². The Bertz CT molecular complexity index is 202. The molecule has 0 bridgehead atoms. The van der Waals surface area contributed by atoms with E-state index in [2.05, 4.69) is 0 Å². The number of rotatable bonds is 2. The molecule has 1 amide bonds. The smallest absolute Gasteiger partial charge is 0.407 e. The number of ketones is 1. The lowest BCUT2D eigenvalue weighted by atomic mass is 10.1. The number of amides is 1. The Kier molecular flexibility index (Phi) is 2.68.